The molecule has 0 aliphatic rings. The van der Waals surface area contributed by atoms with Gasteiger partial charge in [0.25, 0.3) is 0 Å². The summed E-state index contributed by atoms with van der Waals surface area (Å²) in [6, 6.07) is 7.99. The van der Waals surface area contributed by atoms with Gasteiger partial charge in [-0.3, -0.25) is 0 Å². The average molecular weight is 335 g/mol. The maximum Gasteiger partial charge on any atom is 0.250 e. The van der Waals surface area contributed by atoms with Gasteiger partial charge in [0.1, 0.15) is 0 Å². The molecule has 1 aromatic carbocycles. The SMILES string of the molecule is CCN(CC[C@@H](COC)C(C)(F)F)S(=O)(=O)c1ccccc1. The average Bonchev–Trinajstić information content (AvgIpc) is 2.46. The number of sulfonamides is 1. The number of methoxy groups -OCH3 is 1. The van der Waals surface area contributed by atoms with Gasteiger partial charge in [0.2, 0.25) is 15.9 Å². The summed E-state index contributed by atoms with van der Waals surface area (Å²) < 4.78 is 58.0. The van der Waals surface area contributed by atoms with E-state index in [0.717, 1.165) is 6.92 Å². The Balaban J connectivity index is 2.85. The molecule has 0 saturated carbocycles. The van der Waals surface area contributed by atoms with Crippen LogP contribution in [-0.4, -0.2) is 45.5 Å². The van der Waals surface area contributed by atoms with Gasteiger partial charge < -0.3 is 4.74 Å². The number of benzene rings is 1. The minimum atomic E-state index is -3.66. The molecule has 0 aromatic heterocycles. The van der Waals surface area contributed by atoms with Crippen LogP contribution in [0.4, 0.5) is 8.78 Å². The van der Waals surface area contributed by atoms with Gasteiger partial charge in [-0.15, -0.1) is 0 Å². The van der Waals surface area contributed by atoms with E-state index in [1.54, 1.807) is 25.1 Å². The molecule has 0 N–H and O–H groups in total. The molecule has 4 nitrogen and oxygen atoms in total. The molecule has 0 aliphatic carbocycles. The van der Waals surface area contributed by atoms with Gasteiger partial charge in [-0.05, 0) is 25.5 Å². The molecule has 1 atom stereocenters. The first kappa shape index (κ1) is 19.0. The van der Waals surface area contributed by atoms with Crippen LogP contribution in [0.15, 0.2) is 35.2 Å². The van der Waals surface area contributed by atoms with Crippen LogP contribution in [0.2, 0.25) is 0 Å². The fourth-order valence-corrected chi connectivity index (χ4v) is 3.66. The summed E-state index contributed by atoms with van der Waals surface area (Å²) >= 11 is 0. The summed E-state index contributed by atoms with van der Waals surface area (Å²) in [6.45, 7) is 2.68. The molecule has 0 heterocycles. The molecule has 0 fully saturated rings. The summed E-state index contributed by atoms with van der Waals surface area (Å²) in [5.74, 6) is -3.93. The molecule has 22 heavy (non-hydrogen) atoms. The van der Waals surface area contributed by atoms with Gasteiger partial charge in [0.05, 0.1) is 11.5 Å². The Kier molecular flexibility index (Phi) is 6.90. The number of alkyl halides is 2. The highest BCUT2D eigenvalue weighted by molar-refractivity contribution is 7.89. The van der Waals surface area contributed by atoms with Crippen LogP contribution in [0, 0.1) is 5.92 Å². The fraction of sp³-hybridized carbons (Fsp3) is 0.600. The lowest BCUT2D eigenvalue weighted by atomic mass is 10.00. The molecular formula is C15H23F2NO3S. The lowest BCUT2D eigenvalue weighted by Crippen LogP contribution is -2.36. The Hall–Kier alpha value is -1.05. The molecule has 7 heteroatoms. The van der Waals surface area contributed by atoms with Crippen molar-refractivity contribution in [1.29, 1.82) is 0 Å². The summed E-state index contributed by atoms with van der Waals surface area (Å²) in [5.41, 5.74) is 0. The van der Waals surface area contributed by atoms with E-state index in [2.05, 4.69) is 0 Å². The highest BCUT2D eigenvalue weighted by Gasteiger charge is 2.35. The molecule has 0 saturated heterocycles. The molecule has 0 spiro atoms. The largest absolute Gasteiger partial charge is 0.384 e. The van der Waals surface area contributed by atoms with Gasteiger partial charge in [0, 0.05) is 26.1 Å². The van der Waals surface area contributed by atoms with Crippen molar-refractivity contribution < 1.29 is 21.9 Å². The second kappa shape index (κ2) is 7.99. The quantitative estimate of drug-likeness (QED) is 0.697. The van der Waals surface area contributed by atoms with E-state index in [1.165, 1.54) is 23.5 Å². The zero-order valence-corrected chi connectivity index (χ0v) is 13.9. The van der Waals surface area contributed by atoms with E-state index in [-0.39, 0.29) is 31.0 Å². The monoisotopic (exact) mass is 335 g/mol. The Morgan fingerprint density at radius 3 is 2.32 bits per heavy atom. The molecule has 126 valence electrons. The zero-order chi connectivity index (χ0) is 16.8. The summed E-state index contributed by atoms with van der Waals surface area (Å²) in [7, 11) is -2.30. The molecule has 1 aromatic rings. The summed E-state index contributed by atoms with van der Waals surface area (Å²) in [6.07, 6.45) is 0.0389. The third kappa shape index (κ3) is 5.00. The van der Waals surface area contributed by atoms with E-state index < -0.39 is 21.9 Å². The highest BCUT2D eigenvalue weighted by Crippen LogP contribution is 2.28. The first-order chi connectivity index (χ1) is 10.2. The van der Waals surface area contributed by atoms with Crippen LogP contribution in [0.25, 0.3) is 0 Å². The number of hydrogen-bond acceptors (Lipinski definition) is 3. The van der Waals surface area contributed by atoms with E-state index in [9.17, 15) is 17.2 Å². The van der Waals surface area contributed by atoms with Crippen LogP contribution >= 0.6 is 0 Å². The lowest BCUT2D eigenvalue weighted by Gasteiger charge is -2.26. The Morgan fingerprint density at radius 2 is 1.86 bits per heavy atom. The van der Waals surface area contributed by atoms with Gasteiger partial charge in [-0.25, -0.2) is 17.2 Å². The molecule has 0 aliphatic heterocycles. The van der Waals surface area contributed by atoms with Crippen LogP contribution < -0.4 is 0 Å². The van der Waals surface area contributed by atoms with Gasteiger partial charge >= 0.3 is 0 Å². The smallest absolute Gasteiger partial charge is 0.250 e. The number of rotatable bonds is 9. The van der Waals surface area contributed by atoms with E-state index >= 15 is 0 Å². The Morgan fingerprint density at radius 1 is 1.27 bits per heavy atom. The van der Waals surface area contributed by atoms with Crippen molar-refractivity contribution in [3.8, 4) is 0 Å². The standard InChI is InChI=1S/C15H23F2NO3S/c1-4-18(11-10-13(12-21-3)15(2,16)17)22(19,20)14-8-6-5-7-9-14/h5-9,13H,4,10-12H2,1-3H3/t13-/m0/s1. The first-order valence-electron chi connectivity index (χ1n) is 7.15. The molecule has 0 radical (unpaired) electrons. The molecule has 0 amide bonds. The second-order valence-electron chi connectivity index (χ2n) is 5.21. The third-order valence-electron chi connectivity index (χ3n) is 3.55. The molecule has 1 rings (SSSR count). The van der Waals surface area contributed by atoms with E-state index in [1.807, 2.05) is 0 Å². The van der Waals surface area contributed by atoms with Crippen molar-refractivity contribution in [3.63, 3.8) is 0 Å². The van der Waals surface area contributed by atoms with Crippen molar-refractivity contribution in [3.05, 3.63) is 30.3 Å². The van der Waals surface area contributed by atoms with Crippen molar-refractivity contribution in [2.75, 3.05) is 26.8 Å². The summed E-state index contributed by atoms with van der Waals surface area (Å²) in [5, 5.41) is 0. The first-order valence-corrected chi connectivity index (χ1v) is 8.59. The van der Waals surface area contributed by atoms with Crippen LogP contribution in [0.5, 0.6) is 0 Å². The number of ether oxygens (including phenoxy) is 1. The van der Waals surface area contributed by atoms with Crippen molar-refractivity contribution in [2.45, 2.75) is 31.1 Å². The van der Waals surface area contributed by atoms with Gasteiger partial charge in [-0.2, -0.15) is 4.31 Å². The lowest BCUT2D eigenvalue weighted by molar-refractivity contribution is -0.0698. The molecule has 0 bridgehead atoms. The maximum absolute atomic E-state index is 13.5. The highest BCUT2D eigenvalue weighted by atomic mass is 32.2. The fourth-order valence-electron chi connectivity index (χ4n) is 2.17. The maximum atomic E-state index is 13.5. The second-order valence-corrected chi connectivity index (χ2v) is 7.14. The number of halogens is 2. The van der Waals surface area contributed by atoms with Crippen molar-refractivity contribution >= 4 is 10.0 Å². The van der Waals surface area contributed by atoms with Crippen LogP contribution in [0.1, 0.15) is 20.3 Å². The van der Waals surface area contributed by atoms with Gasteiger partial charge in [0.15, 0.2) is 0 Å². The minimum Gasteiger partial charge on any atom is -0.384 e. The van der Waals surface area contributed by atoms with E-state index in [4.69, 9.17) is 4.74 Å². The third-order valence-corrected chi connectivity index (χ3v) is 5.53. The Labute approximate surface area is 131 Å². The van der Waals surface area contributed by atoms with Crippen LogP contribution in [-0.2, 0) is 14.8 Å². The van der Waals surface area contributed by atoms with Crippen LogP contribution in [0.3, 0.4) is 0 Å². The van der Waals surface area contributed by atoms with Crippen molar-refractivity contribution in [2.24, 2.45) is 5.92 Å². The summed E-state index contributed by atoms with van der Waals surface area (Å²) in [4.78, 5) is 0.170. The molecule has 0 unspecified atom stereocenters. The van der Waals surface area contributed by atoms with Gasteiger partial charge in [-0.1, -0.05) is 25.1 Å². The zero-order valence-electron chi connectivity index (χ0n) is 13.1. The number of nitrogens with zero attached hydrogens (tertiary/aromatic N) is 1. The topological polar surface area (TPSA) is 46.6 Å². The van der Waals surface area contributed by atoms with E-state index in [0.29, 0.717) is 0 Å². The predicted molar refractivity (Wildman–Crippen MR) is 81.5 cm³/mol. The van der Waals surface area contributed by atoms with Crippen molar-refractivity contribution in [1.82, 2.24) is 4.31 Å². The normalized spacial score (nSPS) is 14.3. The minimum absolute atomic E-state index is 0.0329. The Bertz CT molecular complexity index is 544. The molecular weight excluding hydrogens is 312 g/mol. The number of hydrogen-bond donors (Lipinski definition) is 0. The predicted octanol–water partition coefficient (Wildman–Crippen LogP) is 3.01.